The molecule has 1 amide bonds. The topological polar surface area (TPSA) is 82.2 Å². The van der Waals surface area contributed by atoms with Crippen molar-refractivity contribution >= 4 is 16.8 Å². The Labute approximate surface area is 136 Å². The fourth-order valence-corrected chi connectivity index (χ4v) is 2.42. The second-order valence-corrected chi connectivity index (χ2v) is 5.35. The van der Waals surface area contributed by atoms with Crippen LogP contribution in [0.1, 0.15) is 22.0 Å². The van der Waals surface area contributed by atoms with E-state index in [4.69, 9.17) is 0 Å². The van der Waals surface area contributed by atoms with Gasteiger partial charge in [-0.05, 0) is 29.8 Å². The van der Waals surface area contributed by atoms with Gasteiger partial charge in [-0.1, -0.05) is 24.3 Å². The zero-order chi connectivity index (χ0) is 17.1. The van der Waals surface area contributed by atoms with Crippen molar-refractivity contribution < 1.29 is 14.3 Å². The van der Waals surface area contributed by atoms with Gasteiger partial charge in [-0.25, -0.2) is 4.39 Å². The lowest BCUT2D eigenvalue weighted by Crippen LogP contribution is -2.32. The van der Waals surface area contributed by atoms with Crippen LogP contribution >= 0.6 is 0 Å². The van der Waals surface area contributed by atoms with E-state index in [1.807, 2.05) is 0 Å². The largest absolute Gasteiger partial charge is 0.387 e. The van der Waals surface area contributed by atoms with Gasteiger partial charge in [0.2, 0.25) is 5.43 Å². The van der Waals surface area contributed by atoms with Crippen molar-refractivity contribution in [2.45, 2.75) is 6.10 Å². The lowest BCUT2D eigenvalue weighted by molar-refractivity contribution is 0.0915. The summed E-state index contributed by atoms with van der Waals surface area (Å²) in [4.78, 5) is 27.4. The summed E-state index contributed by atoms with van der Waals surface area (Å²) in [6.45, 7) is -0.0866. The number of benzene rings is 2. The van der Waals surface area contributed by atoms with Crippen LogP contribution in [0.5, 0.6) is 0 Å². The summed E-state index contributed by atoms with van der Waals surface area (Å²) in [5.41, 5.74) is 0.715. The molecule has 1 heterocycles. The van der Waals surface area contributed by atoms with E-state index in [0.29, 0.717) is 16.5 Å². The summed E-state index contributed by atoms with van der Waals surface area (Å²) in [7, 11) is 0. The van der Waals surface area contributed by atoms with Gasteiger partial charge in [0.1, 0.15) is 11.4 Å². The van der Waals surface area contributed by atoms with Gasteiger partial charge in [0, 0.05) is 23.6 Å². The van der Waals surface area contributed by atoms with Crippen LogP contribution in [-0.2, 0) is 0 Å². The number of aromatic amines is 1. The number of H-pyrrole nitrogens is 1. The molecule has 2 aromatic carbocycles. The van der Waals surface area contributed by atoms with Gasteiger partial charge in [-0.2, -0.15) is 0 Å². The minimum Gasteiger partial charge on any atom is -0.387 e. The zero-order valence-electron chi connectivity index (χ0n) is 12.6. The maximum absolute atomic E-state index is 12.9. The third-order valence-electron chi connectivity index (χ3n) is 3.74. The van der Waals surface area contributed by atoms with E-state index in [-0.39, 0.29) is 17.5 Å². The van der Waals surface area contributed by atoms with Crippen LogP contribution in [0.4, 0.5) is 4.39 Å². The molecule has 0 aliphatic carbocycles. The molecule has 1 aromatic heterocycles. The average Bonchev–Trinajstić information content (AvgIpc) is 2.60. The van der Waals surface area contributed by atoms with Crippen LogP contribution in [-0.4, -0.2) is 22.5 Å². The van der Waals surface area contributed by atoms with Gasteiger partial charge in [0.05, 0.1) is 6.10 Å². The van der Waals surface area contributed by atoms with Crippen molar-refractivity contribution in [2.75, 3.05) is 6.54 Å². The van der Waals surface area contributed by atoms with Gasteiger partial charge < -0.3 is 15.4 Å². The van der Waals surface area contributed by atoms with Crippen LogP contribution in [0, 0.1) is 5.82 Å². The minimum atomic E-state index is -0.992. The zero-order valence-corrected chi connectivity index (χ0v) is 12.6. The predicted octanol–water partition coefficient (Wildman–Crippen LogP) is 2.13. The molecular weight excluding hydrogens is 311 g/mol. The van der Waals surface area contributed by atoms with Crippen LogP contribution in [0.3, 0.4) is 0 Å². The van der Waals surface area contributed by atoms with Crippen molar-refractivity contribution in [3.8, 4) is 0 Å². The highest BCUT2D eigenvalue weighted by Crippen LogP contribution is 2.13. The van der Waals surface area contributed by atoms with E-state index in [1.54, 1.807) is 24.3 Å². The fraction of sp³-hybridized carbons (Fsp3) is 0.111. The van der Waals surface area contributed by atoms with E-state index < -0.39 is 17.8 Å². The number of nitrogens with one attached hydrogen (secondary N) is 2. The quantitative estimate of drug-likeness (QED) is 0.687. The molecule has 0 spiro atoms. The molecule has 1 unspecified atom stereocenters. The van der Waals surface area contributed by atoms with Gasteiger partial charge in [-0.3, -0.25) is 9.59 Å². The second-order valence-electron chi connectivity index (χ2n) is 5.35. The number of hydrogen-bond donors (Lipinski definition) is 3. The molecule has 6 heteroatoms. The third kappa shape index (κ3) is 3.18. The number of aromatic nitrogens is 1. The molecule has 0 aliphatic heterocycles. The number of aliphatic hydroxyl groups is 1. The monoisotopic (exact) mass is 326 g/mol. The van der Waals surface area contributed by atoms with Crippen LogP contribution in [0.15, 0.2) is 59.5 Å². The minimum absolute atomic E-state index is 0.0278. The Morgan fingerprint density at radius 3 is 2.62 bits per heavy atom. The maximum Gasteiger partial charge on any atom is 0.256 e. The van der Waals surface area contributed by atoms with E-state index in [2.05, 4.69) is 10.3 Å². The van der Waals surface area contributed by atoms with E-state index in [0.717, 1.165) is 0 Å². The molecule has 24 heavy (non-hydrogen) atoms. The number of amides is 1. The van der Waals surface area contributed by atoms with Gasteiger partial charge in [0.25, 0.3) is 5.91 Å². The van der Waals surface area contributed by atoms with Crippen LogP contribution < -0.4 is 10.7 Å². The Morgan fingerprint density at radius 2 is 1.88 bits per heavy atom. The Balaban J connectivity index is 1.74. The number of hydrogen-bond acceptors (Lipinski definition) is 3. The lowest BCUT2D eigenvalue weighted by Gasteiger charge is -2.12. The normalized spacial score (nSPS) is 12.1. The molecule has 0 radical (unpaired) electrons. The first-order valence-electron chi connectivity index (χ1n) is 7.38. The molecule has 0 fully saturated rings. The maximum atomic E-state index is 12.9. The van der Waals surface area contributed by atoms with Gasteiger partial charge >= 0.3 is 0 Å². The Kier molecular flexibility index (Phi) is 4.39. The first-order chi connectivity index (χ1) is 11.6. The number of pyridine rings is 1. The lowest BCUT2D eigenvalue weighted by atomic mass is 10.1. The number of aliphatic hydroxyl groups excluding tert-OH is 1. The molecule has 0 aliphatic rings. The summed E-state index contributed by atoms with van der Waals surface area (Å²) < 4.78 is 12.9. The van der Waals surface area contributed by atoms with E-state index in [1.165, 1.54) is 30.5 Å². The third-order valence-corrected chi connectivity index (χ3v) is 3.74. The van der Waals surface area contributed by atoms with Crippen molar-refractivity contribution in [3.05, 3.63) is 81.9 Å². The average molecular weight is 326 g/mol. The van der Waals surface area contributed by atoms with Gasteiger partial charge in [-0.15, -0.1) is 0 Å². The molecule has 0 saturated carbocycles. The van der Waals surface area contributed by atoms with E-state index in [9.17, 15) is 19.1 Å². The van der Waals surface area contributed by atoms with Crippen molar-refractivity contribution in [1.82, 2.24) is 10.3 Å². The van der Waals surface area contributed by atoms with Crippen molar-refractivity contribution in [1.29, 1.82) is 0 Å². The molecule has 0 saturated heterocycles. The number of fused-ring (bicyclic) bond motifs is 1. The molecule has 3 N–H and O–H groups in total. The number of rotatable bonds is 4. The fourth-order valence-electron chi connectivity index (χ4n) is 2.42. The standard InChI is InChI=1S/C18H15FN2O3/c19-12-7-5-11(6-8-12)16(22)10-21-18(24)14-9-20-15-4-2-1-3-13(15)17(14)23/h1-9,16,22H,10H2,(H,20,23)(H,21,24). The summed E-state index contributed by atoms with van der Waals surface area (Å²) >= 11 is 0. The molecule has 3 aromatic rings. The number of para-hydroxylation sites is 1. The molecule has 1 atom stereocenters. The molecule has 5 nitrogen and oxygen atoms in total. The summed E-state index contributed by atoms with van der Waals surface area (Å²) in [5.74, 6) is -0.985. The number of halogens is 1. The Bertz CT molecular complexity index is 935. The molecule has 122 valence electrons. The van der Waals surface area contributed by atoms with Crippen molar-refractivity contribution in [2.24, 2.45) is 0 Å². The molecule has 0 bridgehead atoms. The highest BCUT2D eigenvalue weighted by Gasteiger charge is 2.15. The number of carbonyl (C=O) groups excluding carboxylic acids is 1. The van der Waals surface area contributed by atoms with E-state index >= 15 is 0 Å². The summed E-state index contributed by atoms with van der Waals surface area (Å²) in [6, 6.07) is 12.2. The second kappa shape index (κ2) is 6.64. The first-order valence-corrected chi connectivity index (χ1v) is 7.38. The highest BCUT2D eigenvalue weighted by molar-refractivity contribution is 5.97. The van der Waals surface area contributed by atoms with Crippen molar-refractivity contribution in [3.63, 3.8) is 0 Å². The Hall–Kier alpha value is -2.99. The Morgan fingerprint density at radius 1 is 1.17 bits per heavy atom. The predicted molar refractivity (Wildman–Crippen MR) is 88.3 cm³/mol. The van der Waals surface area contributed by atoms with Crippen LogP contribution in [0.2, 0.25) is 0 Å². The first kappa shape index (κ1) is 15.9. The number of carbonyl (C=O) groups is 1. The molecular formula is C18H15FN2O3. The van der Waals surface area contributed by atoms with Gasteiger partial charge in [0.15, 0.2) is 0 Å². The van der Waals surface area contributed by atoms with Crippen LogP contribution in [0.25, 0.3) is 10.9 Å². The molecule has 3 rings (SSSR count). The SMILES string of the molecule is O=C(NCC(O)c1ccc(F)cc1)c1c[nH]c2ccccc2c1=O. The summed E-state index contributed by atoms with van der Waals surface area (Å²) in [6.07, 6.45) is 0.360. The summed E-state index contributed by atoms with van der Waals surface area (Å²) in [5, 5.41) is 13.0. The highest BCUT2D eigenvalue weighted by atomic mass is 19.1. The smallest absolute Gasteiger partial charge is 0.256 e.